The first kappa shape index (κ1) is 16.4. The molecule has 1 atom stereocenters. The molecule has 1 aliphatic rings. The van der Waals surface area contributed by atoms with Crippen molar-refractivity contribution in [2.45, 2.75) is 26.3 Å². The third kappa shape index (κ3) is 3.45. The van der Waals surface area contributed by atoms with E-state index >= 15 is 0 Å². The summed E-state index contributed by atoms with van der Waals surface area (Å²) in [4.78, 5) is 27.0. The van der Waals surface area contributed by atoms with Crippen molar-refractivity contribution < 1.29 is 14.3 Å². The third-order valence-corrected chi connectivity index (χ3v) is 4.26. The van der Waals surface area contributed by atoms with E-state index in [1.165, 1.54) is 11.6 Å². The minimum Gasteiger partial charge on any atom is -0.461 e. The van der Waals surface area contributed by atoms with Gasteiger partial charge < -0.3 is 4.74 Å². The maximum atomic E-state index is 12.4. The van der Waals surface area contributed by atoms with Crippen molar-refractivity contribution >= 4 is 11.8 Å². The van der Waals surface area contributed by atoms with Crippen LogP contribution >= 0.6 is 0 Å². The molecule has 2 rings (SSSR count). The largest absolute Gasteiger partial charge is 0.461 e. The Morgan fingerprint density at radius 1 is 1.41 bits per heavy atom. The second-order valence-electron chi connectivity index (χ2n) is 5.69. The minimum atomic E-state index is -1.03. The second kappa shape index (κ2) is 7.36. The number of ether oxygens (including phenoxy) is 1. The number of esters is 1. The predicted octanol–water partition coefficient (Wildman–Crippen LogP) is 2.59. The van der Waals surface area contributed by atoms with Crippen LogP contribution in [-0.4, -0.2) is 36.3 Å². The van der Waals surface area contributed by atoms with Crippen molar-refractivity contribution in [3.8, 4) is 0 Å². The van der Waals surface area contributed by atoms with E-state index in [4.69, 9.17) is 4.74 Å². The Hall–Kier alpha value is -1.94. The van der Waals surface area contributed by atoms with E-state index in [2.05, 4.69) is 23.6 Å². The summed E-state index contributed by atoms with van der Waals surface area (Å²) in [7, 11) is 0. The molecule has 1 aromatic carbocycles. The molecule has 1 fully saturated rings. The topological polar surface area (TPSA) is 46.6 Å². The summed E-state index contributed by atoms with van der Waals surface area (Å²) in [5.74, 6) is -0.425. The number of piperidine rings is 1. The van der Waals surface area contributed by atoms with Gasteiger partial charge in [-0.25, -0.2) is 0 Å². The minimum absolute atomic E-state index is 0.00614. The molecule has 4 heteroatoms. The van der Waals surface area contributed by atoms with Crippen LogP contribution < -0.4 is 0 Å². The lowest BCUT2D eigenvalue weighted by Crippen LogP contribution is -2.53. The molecule has 0 aromatic heterocycles. The van der Waals surface area contributed by atoms with Gasteiger partial charge in [-0.3, -0.25) is 14.5 Å². The summed E-state index contributed by atoms with van der Waals surface area (Å²) >= 11 is 0. The van der Waals surface area contributed by atoms with Crippen LogP contribution in [-0.2, 0) is 20.9 Å². The summed E-state index contributed by atoms with van der Waals surface area (Å²) in [5.41, 5.74) is 0.150. The van der Waals surface area contributed by atoms with Crippen molar-refractivity contribution in [2.24, 2.45) is 5.41 Å². The molecule has 1 saturated heterocycles. The first-order valence-corrected chi connectivity index (χ1v) is 7.70. The zero-order chi connectivity index (χ0) is 16.0. The first-order valence-electron chi connectivity index (χ1n) is 7.70. The molecule has 1 heterocycles. The van der Waals surface area contributed by atoms with Gasteiger partial charge in [-0.05, 0) is 12.0 Å². The highest BCUT2D eigenvalue weighted by molar-refractivity contribution is 6.04. The monoisotopic (exact) mass is 301 g/mol. The number of benzene rings is 1. The molecule has 0 saturated carbocycles. The van der Waals surface area contributed by atoms with E-state index in [-0.39, 0.29) is 12.4 Å². The van der Waals surface area contributed by atoms with Crippen LogP contribution in [0.15, 0.2) is 43.0 Å². The fraction of sp³-hybridized carbons (Fsp3) is 0.444. The lowest BCUT2D eigenvalue weighted by molar-refractivity contribution is -0.164. The Morgan fingerprint density at radius 2 is 2.14 bits per heavy atom. The zero-order valence-corrected chi connectivity index (χ0v) is 13.1. The SMILES string of the molecule is C=CCOC(=O)[C@]1(CC)CN(Cc2ccccc2)CCC1=O. The molecule has 1 aliphatic heterocycles. The van der Waals surface area contributed by atoms with Crippen LogP contribution in [0.1, 0.15) is 25.3 Å². The van der Waals surface area contributed by atoms with Gasteiger partial charge in [-0.2, -0.15) is 0 Å². The van der Waals surface area contributed by atoms with Crippen molar-refractivity contribution in [1.82, 2.24) is 4.90 Å². The summed E-state index contributed by atoms with van der Waals surface area (Å²) < 4.78 is 5.19. The lowest BCUT2D eigenvalue weighted by atomic mass is 9.76. The van der Waals surface area contributed by atoms with Crippen molar-refractivity contribution in [3.63, 3.8) is 0 Å². The number of carbonyl (C=O) groups is 2. The molecule has 0 aliphatic carbocycles. The number of nitrogens with zero attached hydrogens (tertiary/aromatic N) is 1. The van der Waals surface area contributed by atoms with Gasteiger partial charge in [0.1, 0.15) is 12.0 Å². The van der Waals surface area contributed by atoms with E-state index < -0.39 is 11.4 Å². The Morgan fingerprint density at radius 3 is 2.77 bits per heavy atom. The summed E-state index contributed by atoms with van der Waals surface area (Å²) in [6.07, 6.45) is 2.38. The van der Waals surface area contributed by atoms with Gasteiger partial charge in [0.25, 0.3) is 0 Å². The molecule has 0 bridgehead atoms. The highest BCUT2D eigenvalue weighted by atomic mass is 16.5. The number of likely N-dealkylation sites (tertiary alicyclic amines) is 1. The normalized spacial score (nSPS) is 22.3. The molecule has 118 valence electrons. The average molecular weight is 301 g/mol. The fourth-order valence-corrected chi connectivity index (χ4v) is 2.93. The van der Waals surface area contributed by atoms with E-state index in [0.29, 0.717) is 25.9 Å². The van der Waals surface area contributed by atoms with Gasteiger partial charge in [0.15, 0.2) is 5.78 Å². The average Bonchev–Trinajstić information content (AvgIpc) is 2.55. The molecule has 4 nitrogen and oxygen atoms in total. The lowest BCUT2D eigenvalue weighted by Gasteiger charge is -2.39. The molecule has 0 unspecified atom stereocenters. The van der Waals surface area contributed by atoms with Crippen molar-refractivity contribution in [2.75, 3.05) is 19.7 Å². The van der Waals surface area contributed by atoms with E-state index in [9.17, 15) is 9.59 Å². The summed E-state index contributed by atoms with van der Waals surface area (Å²) in [6, 6.07) is 10.1. The van der Waals surface area contributed by atoms with Crippen molar-refractivity contribution in [1.29, 1.82) is 0 Å². The Bertz CT molecular complexity index is 541. The Kier molecular flexibility index (Phi) is 5.50. The molecule has 0 spiro atoms. The van der Waals surface area contributed by atoms with Gasteiger partial charge in [-0.1, -0.05) is 49.9 Å². The van der Waals surface area contributed by atoms with Crippen LogP contribution in [0.5, 0.6) is 0 Å². The maximum absolute atomic E-state index is 12.4. The number of rotatable bonds is 6. The Labute approximate surface area is 131 Å². The molecule has 0 N–H and O–H groups in total. The van der Waals surface area contributed by atoms with Crippen LogP contribution in [0, 0.1) is 5.41 Å². The van der Waals surface area contributed by atoms with Gasteiger partial charge in [0.05, 0.1) is 0 Å². The number of hydrogen-bond donors (Lipinski definition) is 0. The van der Waals surface area contributed by atoms with Crippen LogP contribution in [0.25, 0.3) is 0 Å². The summed E-state index contributed by atoms with van der Waals surface area (Å²) in [6.45, 7) is 7.41. The van der Waals surface area contributed by atoms with Gasteiger partial charge in [0, 0.05) is 26.1 Å². The zero-order valence-electron chi connectivity index (χ0n) is 13.1. The van der Waals surface area contributed by atoms with Crippen LogP contribution in [0.4, 0.5) is 0 Å². The quantitative estimate of drug-likeness (QED) is 0.460. The standard InChI is InChI=1S/C18H23NO3/c1-3-12-22-17(21)18(4-2)14-19(11-10-16(18)20)13-15-8-6-5-7-9-15/h3,5-9H,1,4,10-14H2,2H3/t18-/m1/s1. The van der Waals surface area contributed by atoms with E-state index in [1.807, 2.05) is 25.1 Å². The molecule has 22 heavy (non-hydrogen) atoms. The van der Waals surface area contributed by atoms with Crippen LogP contribution in [0.2, 0.25) is 0 Å². The summed E-state index contributed by atoms with van der Waals surface area (Å²) in [5, 5.41) is 0. The predicted molar refractivity (Wildman–Crippen MR) is 85.2 cm³/mol. The number of hydrogen-bond acceptors (Lipinski definition) is 4. The Balaban J connectivity index is 2.13. The fourth-order valence-electron chi connectivity index (χ4n) is 2.93. The highest BCUT2D eigenvalue weighted by Crippen LogP contribution is 2.32. The van der Waals surface area contributed by atoms with Crippen LogP contribution in [0.3, 0.4) is 0 Å². The maximum Gasteiger partial charge on any atom is 0.321 e. The smallest absolute Gasteiger partial charge is 0.321 e. The van der Waals surface area contributed by atoms with E-state index in [1.54, 1.807) is 0 Å². The number of ketones is 1. The van der Waals surface area contributed by atoms with Crippen molar-refractivity contribution in [3.05, 3.63) is 48.6 Å². The molecule has 0 amide bonds. The van der Waals surface area contributed by atoms with Gasteiger partial charge in [-0.15, -0.1) is 0 Å². The van der Waals surface area contributed by atoms with Gasteiger partial charge in [0.2, 0.25) is 0 Å². The van der Waals surface area contributed by atoms with Gasteiger partial charge >= 0.3 is 5.97 Å². The number of Topliss-reactive ketones (excluding diaryl/α,β-unsaturated/α-hetero) is 1. The molecule has 0 radical (unpaired) electrons. The first-order chi connectivity index (χ1) is 10.6. The second-order valence-corrected chi connectivity index (χ2v) is 5.69. The molecule has 1 aromatic rings. The van der Waals surface area contributed by atoms with E-state index in [0.717, 1.165) is 6.54 Å². The number of carbonyl (C=O) groups excluding carboxylic acids is 2. The molecular weight excluding hydrogens is 278 g/mol. The molecular formula is C18H23NO3. The third-order valence-electron chi connectivity index (χ3n) is 4.26. The highest BCUT2D eigenvalue weighted by Gasteiger charge is 2.48.